The number of aliphatic hydroxyl groups excluding tert-OH is 1. The van der Waals surface area contributed by atoms with E-state index in [1.165, 1.54) is 0 Å². The first kappa shape index (κ1) is 16.5. The molecule has 0 aromatic rings. The van der Waals surface area contributed by atoms with Crippen molar-refractivity contribution < 1.29 is 9.90 Å². The van der Waals surface area contributed by atoms with Gasteiger partial charge in [0.2, 0.25) is 5.91 Å². The van der Waals surface area contributed by atoms with E-state index in [0.717, 1.165) is 38.6 Å². The molecule has 3 rings (SSSR count). The van der Waals surface area contributed by atoms with Gasteiger partial charge in [0.15, 0.2) is 5.96 Å². The fourth-order valence-electron chi connectivity index (χ4n) is 3.63. The Morgan fingerprint density at radius 3 is 2.57 bits per heavy atom. The quantitative estimate of drug-likeness (QED) is 0.439. The summed E-state index contributed by atoms with van der Waals surface area (Å²) in [7, 11) is 0. The number of carbonyl (C=O) groups excluding carboxylic acids is 1. The van der Waals surface area contributed by atoms with Crippen molar-refractivity contribution in [3.8, 4) is 0 Å². The van der Waals surface area contributed by atoms with Crippen LogP contribution in [0.5, 0.6) is 0 Å². The molecule has 0 aromatic carbocycles. The van der Waals surface area contributed by atoms with Crippen LogP contribution in [0.1, 0.15) is 19.3 Å². The van der Waals surface area contributed by atoms with Crippen LogP contribution in [-0.4, -0.2) is 84.2 Å². The van der Waals surface area contributed by atoms with Crippen LogP contribution >= 0.6 is 0 Å². The molecule has 3 aliphatic rings. The summed E-state index contributed by atoms with van der Waals surface area (Å²) in [6, 6.07) is -0.579. The largest absolute Gasteiger partial charge is 0.391 e. The highest BCUT2D eigenvalue weighted by atomic mass is 16.3. The number of amides is 1. The molecular weight excluding hydrogens is 296 g/mol. The minimum absolute atomic E-state index is 0.0571. The first-order valence-electron chi connectivity index (χ1n) is 8.57. The van der Waals surface area contributed by atoms with Crippen LogP contribution < -0.4 is 16.8 Å². The van der Waals surface area contributed by atoms with Gasteiger partial charge in [-0.15, -0.1) is 0 Å². The number of carbonyl (C=O) groups is 1. The zero-order valence-corrected chi connectivity index (χ0v) is 13.5. The monoisotopic (exact) mass is 324 g/mol. The lowest BCUT2D eigenvalue weighted by atomic mass is 9.80. The first-order chi connectivity index (χ1) is 11.1. The molecule has 23 heavy (non-hydrogen) atoms. The Morgan fingerprint density at radius 1 is 1.17 bits per heavy atom. The van der Waals surface area contributed by atoms with Crippen LogP contribution in [0.4, 0.5) is 0 Å². The molecule has 1 aliphatic carbocycles. The number of hydrogen-bond acceptors (Lipinski definition) is 7. The van der Waals surface area contributed by atoms with Gasteiger partial charge >= 0.3 is 0 Å². The lowest BCUT2D eigenvalue weighted by Crippen LogP contribution is -2.59. The normalized spacial score (nSPS) is 35.5. The molecule has 1 saturated carbocycles. The second-order valence-corrected chi connectivity index (χ2v) is 6.77. The maximum atomic E-state index is 12.7. The molecule has 0 radical (unpaired) electrons. The highest BCUT2D eigenvalue weighted by Crippen LogP contribution is 2.25. The molecule has 0 aromatic heterocycles. The van der Waals surface area contributed by atoms with Gasteiger partial charge in [0, 0.05) is 51.4 Å². The summed E-state index contributed by atoms with van der Waals surface area (Å²) < 4.78 is 0. The molecule has 2 aliphatic heterocycles. The van der Waals surface area contributed by atoms with E-state index < -0.39 is 6.10 Å². The summed E-state index contributed by atoms with van der Waals surface area (Å²) in [5.41, 5.74) is 11.9. The Bertz CT molecular complexity index is 463. The van der Waals surface area contributed by atoms with Gasteiger partial charge in [0.25, 0.3) is 0 Å². The summed E-state index contributed by atoms with van der Waals surface area (Å²) in [4.78, 5) is 21.3. The summed E-state index contributed by atoms with van der Waals surface area (Å²) in [5, 5.41) is 13.3. The maximum absolute atomic E-state index is 12.7. The molecule has 130 valence electrons. The second kappa shape index (κ2) is 7.02. The van der Waals surface area contributed by atoms with Gasteiger partial charge in [0.1, 0.15) is 0 Å². The van der Waals surface area contributed by atoms with Crippen molar-refractivity contribution in [2.45, 2.75) is 37.5 Å². The van der Waals surface area contributed by atoms with Crippen molar-refractivity contribution >= 4 is 11.9 Å². The lowest BCUT2D eigenvalue weighted by molar-refractivity contribution is -0.140. The van der Waals surface area contributed by atoms with Gasteiger partial charge in [-0.25, -0.2) is 0 Å². The van der Waals surface area contributed by atoms with Crippen molar-refractivity contribution in [1.82, 2.24) is 15.1 Å². The lowest BCUT2D eigenvalue weighted by Gasteiger charge is -2.41. The highest BCUT2D eigenvalue weighted by molar-refractivity contribution is 5.82. The molecule has 8 heteroatoms. The van der Waals surface area contributed by atoms with Gasteiger partial charge in [-0.2, -0.15) is 0 Å². The molecule has 6 N–H and O–H groups in total. The van der Waals surface area contributed by atoms with Crippen LogP contribution in [0.15, 0.2) is 4.99 Å². The number of piperazine rings is 1. The zero-order valence-electron chi connectivity index (χ0n) is 13.5. The van der Waals surface area contributed by atoms with Gasteiger partial charge in [0.05, 0.1) is 12.0 Å². The third-order valence-electron chi connectivity index (χ3n) is 5.14. The SMILES string of the molecule is N[C@@H]1C[C@H](N)[C@@H](C(=O)N2CCN(C3=NCCCN3)CC2)C[C@H]1O. The van der Waals surface area contributed by atoms with E-state index in [0.29, 0.717) is 25.9 Å². The number of nitrogens with zero attached hydrogens (tertiary/aromatic N) is 3. The summed E-state index contributed by atoms with van der Waals surface area (Å²) in [6.07, 6.45) is 1.31. The number of aliphatic imine (C=N–C) groups is 1. The molecule has 4 atom stereocenters. The van der Waals surface area contributed by atoms with Crippen LogP contribution in [0.2, 0.25) is 0 Å². The van der Waals surface area contributed by atoms with E-state index in [1.54, 1.807) is 0 Å². The van der Waals surface area contributed by atoms with Crippen LogP contribution in [0.3, 0.4) is 0 Å². The second-order valence-electron chi connectivity index (χ2n) is 6.77. The van der Waals surface area contributed by atoms with Gasteiger partial charge < -0.3 is 31.7 Å². The zero-order chi connectivity index (χ0) is 16.4. The van der Waals surface area contributed by atoms with Crippen LogP contribution in [-0.2, 0) is 4.79 Å². The fraction of sp³-hybridized carbons (Fsp3) is 0.867. The van der Waals surface area contributed by atoms with Gasteiger partial charge in [-0.1, -0.05) is 0 Å². The summed E-state index contributed by atoms with van der Waals surface area (Å²) in [5.74, 6) is 0.697. The number of rotatable bonds is 1. The van der Waals surface area contributed by atoms with E-state index in [-0.39, 0.29) is 23.9 Å². The topological polar surface area (TPSA) is 120 Å². The smallest absolute Gasteiger partial charge is 0.227 e. The van der Waals surface area contributed by atoms with Crippen molar-refractivity contribution in [2.75, 3.05) is 39.3 Å². The Morgan fingerprint density at radius 2 is 1.91 bits per heavy atom. The van der Waals surface area contributed by atoms with Crippen LogP contribution in [0.25, 0.3) is 0 Å². The minimum atomic E-state index is -0.633. The number of aliphatic hydroxyl groups is 1. The molecule has 0 unspecified atom stereocenters. The number of nitrogens with one attached hydrogen (secondary N) is 1. The molecule has 0 spiro atoms. The average molecular weight is 324 g/mol. The van der Waals surface area contributed by atoms with Crippen molar-refractivity contribution in [3.63, 3.8) is 0 Å². The van der Waals surface area contributed by atoms with Crippen molar-refractivity contribution in [3.05, 3.63) is 0 Å². The predicted molar refractivity (Wildman–Crippen MR) is 87.8 cm³/mol. The molecule has 2 heterocycles. The Labute approximate surface area is 136 Å². The van der Waals surface area contributed by atoms with E-state index in [9.17, 15) is 9.90 Å². The molecule has 1 amide bonds. The molecule has 8 nitrogen and oxygen atoms in total. The molecule has 0 bridgehead atoms. The van der Waals surface area contributed by atoms with E-state index >= 15 is 0 Å². The Hall–Kier alpha value is -1.38. The van der Waals surface area contributed by atoms with Gasteiger partial charge in [-0.3, -0.25) is 9.79 Å². The average Bonchev–Trinajstić information content (AvgIpc) is 2.58. The Balaban J connectivity index is 1.54. The summed E-state index contributed by atoms with van der Waals surface area (Å²) >= 11 is 0. The molecule has 1 saturated heterocycles. The van der Waals surface area contributed by atoms with Crippen molar-refractivity contribution in [2.24, 2.45) is 22.4 Å². The molecule has 2 fully saturated rings. The van der Waals surface area contributed by atoms with E-state index in [1.807, 2.05) is 4.90 Å². The third-order valence-corrected chi connectivity index (χ3v) is 5.14. The van der Waals surface area contributed by atoms with E-state index in [4.69, 9.17) is 11.5 Å². The highest BCUT2D eigenvalue weighted by Gasteiger charge is 2.39. The Kier molecular flexibility index (Phi) is 5.03. The number of nitrogens with two attached hydrogens (primary N) is 2. The fourth-order valence-corrected chi connectivity index (χ4v) is 3.63. The number of guanidine groups is 1. The van der Waals surface area contributed by atoms with Gasteiger partial charge in [-0.05, 0) is 19.3 Å². The van der Waals surface area contributed by atoms with Crippen molar-refractivity contribution in [1.29, 1.82) is 0 Å². The van der Waals surface area contributed by atoms with Crippen LogP contribution in [0, 0.1) is 5.92 Å². The summed E-state index contributed by atoms with van der Waals surface area (Å²) in [6.45, 7) is 4.74. The standard InChI is InChI=1S/C15H28N6O2/c16-11-9-12(17)13(22)8-10(11)14(23)20-4-6-21(7-5-20)15-18-2-1-3-19-15/h10-13,22H,1-9,16-17H2,(H,18,19)/t10-,11-,12+,13+/m0/s1. The first-order valence-corrected chi connectivity index (χ1v) is 8.57. The maximum Gasteiger partial charge on any atom is 0.227 e. The molecular formula is C15H28N6O2. The third kappa shape index (κ3) is 3.59. The van der Waals surface area contributed by atoms with E-state index in [2.05, 4.69) is 15.2 Å². The number of hydrogen-bond donors (Lipinski definition) is 4. The minimum Gasteiger partial charge on any atom is -0.391 e. The predicted octanol–water partition coefficient (Wildman–Crippen LogP) is -2.09.